The molecule has 1 amide bonds. The Balaban J connectivity index is 1.92. The van der Waals surface area contributed by atoms with Crippen molar-refractivity contribution in [2.45, 2.75) is 13.3 Å². The lowest BCUT2D eigenvalue weighted by Crippen LogP contribution is -2.23. The Kier molecular flexibility index (Phi) is 3.87. The highest BCUT2D eigenvalue weighted by Gasteiger charge is 2.10. The molecule has 0 fully saturated rings. The maximum Gasteiger partial charge on any atom is 0.267 e. The molecule has 0 spiro atoms. The summed E-state index contributed by atoms with van der Waals surface area (Å²) < 4.78 is 0. The van der Waals surface area contributed by atoms with Crippen LogP contribution in [0.2, 0.25) is 0 Å². The van der Waals surface area contributed by atoms with Crippen LogP contribution in [0.15, 0.2) is 34.4 Å². The van der Waals surface area contributed by atoms with E-state index in [0.29, 0.717) is 11.3 Å². The molecule has 0 bridgehead atoms. The number of rotatable bonds is 4. The van der Waals surface area contributed by atoms with Crippen LogP contribution in [0.1, 0.15) is 16.8 Å². The number of aromatic nitrogens is 3. The Labute approximate surface area is 108 Å². The highest BCUT2D eigenvalue weighted by Crippen LogP contribution is 1.97. The number of carbonyl (C=O) groups is 1. The van der Waals surface area contributed by atoms with E-state index in [1.807, 2.05) is 0 Å². The van der Waals surface area contributed by atoms with E-state index in [2.05, 4.69) is 25.7 Å². The molecule has 7 heteroatoms. The van der Waals surface area contributed by atoms with Crippen LogP contribution in [0.25, 0.3) is 0 Å². The van der Waals surface area contributed by atoms with Crippen molar-refractivity contribution in [3.05, 3.63) is 51.7 Å². The van der Waals surface area contributed by atoms with Crippen LogP contribution in [0.4, 0.5) is 0 Å². The summed E-state index contributed by atoms with van der Waals surface area (Å²) in [6.45, 7) is 1.72. The minimum atomic E-state index is -0.349. The zero-order chi connectivity index (χ0) is 13.7. The van der Waals surface area contributed by atoms with E-state index in [9.17, 15) is 9.59 Å². The highest BCUT2D eigenvalue weighted by atomic mass is 16.2. The Morgan fingerprint density at radius 3 is 2.79 bits per heavy atom. The third-order valence-corrected chi connectivity index (χ3v) is 2.54. The molecule has 98 valence electrons. The fourth-order valence-corrected chi connectivity index (χ4v) is 1.51. The van der Waals surface area contributed by atoms with Gasteiger partial charge in [0, 0.05) is 23.7 Å². The Hall–Kier alpha value is -2.70. The first kappa shape index (κ1) is 12.7. The molecule has 7 nitrogen and oxygen atoms in total. The topological polar surface area (TPSA) is 103 Å². The van der Waals surface area contributed by atoms with Crippen molar-refractivity contribution in [2.24, 2.45) is 5.10 Å². The van der Waals surface area contributed by atoms with Gasteiger partial charge in [-0.15, -0.1) is 0 Å². The molecular formula is C12H13N5O2. The first-order valence-electron chi connectivity index (χ1n) is 5.65. The summed E-state index contributed by atoms with van der Waals surface area (Å²) >= 11 is 0. The number of H-pyrrole nitrogens is 2. The normalized spacial score (nSPS) is 10.8. The van der Waals surface area contributed by atoms with Gasteiger partial charge in [0.1, 0.15) is 0 Å². The Morgan fingerprint density at radius 1 is 1.42 bits per heavy atom. The van der Waals surface area contributed by atoms with Crippen LogP contribution in [0, 0.1) is 6.92 Å². The Bertz CT molecular complexity index is 642. The molecular weight excluding hydrogens is 246 g/mol. The number of aromatic amines is 2. The minimum absolute atomic E-state index is 0.0155. The zero-order valence-corrected chi connectivity index (χ0v) is 10.3. The van der Waals surface area contributed by atoms with Gasteiger partial charge in [0.15, 0.2) is 0 Å². The lowest BCUT2D eigenvalue weighted by Gasteiger charge is -1.98. The van der Waals surface area contributed by atoms with Crippen molar-refractivity contribution < 1.29 is 4.79 Å². The largest absolute Gasteiger partial charge is 0.302 e. The van der Waals surface area contributed by atoms with Gasteiger partial charge in [-0.1, -0.05) is 0 Å². The molecule has 2 rings (SSSR count). The predicted octanol–water partition coefficient (Wildman–Crippen LogP) is 0.0992. The number of hydrogen-bond donors (Lipinski definition) is 3. The van der Waals surface area contributed by atoms with Gasteiger partial charge < -0.3 is 5.10 Å². The summed E-state index contributed by atoms with van der Waals surface area (Å²) in [5, 5.41) is 8.89. The quantitative estimate of drug-likeness (QED) is 0.536. The summed E-state index contributed by atoms with van der Waals surface area (Å²) in [6, 6.07) is 3.52. The molecule has 2 aromatic heterocycles. The number of hydrazone groups is 1. The SMILES string of the molecule is Cc1[nH][nH]c(=O)c1CC(=O)N/N=C\c1ccncc1. The molecule has 0 unspecified atom stereocenters. The van der Waals surface area contributed by atoms with Crippen molar-refractivity contribution >= 4 is 12.1 Å². The Morgan fingerprint density at radius 2 is 2.16 bits per heavy atom. The molecule has 0 aliphatic heterocycles. The number of amides is 1. The van der Waals surface area contributed by atoms with E-state index in [1.165, 1.54) is 6.21 Å². The molecule has 0 aliphatic rings. The molecule has 2 heterocycles. The van der Waals surface area contributed by atoms with Crippen LogP contribution in [-0.4, -0.2) is 27.3 Å². The van der Waals surface area contributed by atoms with Gasteiger partial charge in [-0.05, 0) is 24.6 Å². The van der Waals surface area contributed by atoms with Crippen LogP contribution >= 0.6 is 0 Å². The molecule has 0 aliphatic carbocycles. The fraction of sp³-hybridized carbons (Fsp3) is 0.167. The third kappa shape index (κ3) is 3.38. The third-order valence-electron chi connectivity index (χ3n) is 2.54. The molecule has 0 atom stereocenters. The fourth-order valence-electron chi connectivity index (χ4n) is 1.51. The van der Waals surface area contributed by atoms with Gasteiger partial charge in [-0.3, -0.25) is 19.7 Å². The molecule has 3 N–H and O–H groups in total. The molecule has 19 heavy (non-hydrogen) atoms. The van der Waals surface area contributed by atoms with E-state index in [4.69, 9.17) is 0 Å². The van der Waals surface area contributed by atoms with Crippen molar-refractivity contribution in [3.63, 3.8) is 0 Å². The average molecular weight is 259 g/mol. The van der Waals surface area contributed by atoms with Crippen molar-refractivity contribution in [2.75, 3.05) is 0 Å². The number of carbonyl (C=O) groups excluding carboxylic acids is 1. The average Bonchev–Trinajstić information content (AvgIpc) is 2.72. The maximum absolute atomic E-state index is 11.6. The lowest BCUT2D eigenvalue weighted by atomic mass is 10.2. The molecule has 0 saturated heterocycles. The van der Waals surface area contributed by atoms with E-state index in [1.54, 1.807) is 31.5 Å². The van der Waals surface area contributed by atoms with E-state index in [0.717, 1.165) is 5.56 Å². The molecule has 2 aromatic rings. The van der Waals surface area contributed by atoms with Gasteiger partial charge in [-0.25, -0.2) is 5.43 Å². The van der Waals surface area contributed by atoms with Gasteiger partial charge in [0.25, 0.3) is 5.56 Å². The summed E-state index contributed by atoms with van der Waals surface area (Å²) in [5.74, 6) is -0.349. The summed E-state index contributed by atoms with van der Waals surface area (Å²) in [5.41, 5.74) is 3.97. The van der Waals surface area contributed by atoms with Crippen molar-refractivity contribution in [1.82, 2.24) is 20.6 Å². The molecule has 0 radical (unpaired) electrons. The van der Waals surface area contributed by atoms with E-state index < -0.39 is 0 Å². The summed E-state index contributed by atoms with van der Waals surface area (Å²) in [6.07, 6.45) is 4.75. The van der Waals surface area contributed by atoms with Crippen molar-refractivity contribution in [1.29, 1.82) is 0 Å². The second-order valence-electron chi connectivity index (χ2n) is 3.93. The first-order valence-corrected chi connectivity index (χ1v) is 5.65. The number of aryl methyl sites for hydroxylation is 1. The summed E-state index contributed by atoms with van der Waals surface area (Å²) in [4.78, 5) is 26.8. The minimum Gasteiger partial charge on any atom is -0.302 e. The van der Waals surface area contributed by atoms with Gasteiger partial charge in [0.2, 0.25) is 5.91 Å². The second kappa shape index (κ2) is 5.76. The van der Waals surface area contributed by atoms with E-state index in [-0.39, 0.29) is 17.9 Å². The second-order valence-corrected chi connectivity index (χ2v) is 3.93. The lowest BCUT2D eigenvalue weighted by molar-refractivity contribution is -0.120. The summed E-state index contributed by atoms with van der Waals surface area (Å²) in [7, 11) is 0. The number of hydrogen-bond acceptors (Lipinski definition) is 4. The standard InChI is InChI=1S/C12H13N5O2/c1-8-10(12(19)17-15-8)6-11(18)16-14-7-9-2-4-13-5-3-9/h2-5,7H,6H2,1H3,(H,16,18)(H2,15,17,19)/b14-7-. The van der Waals surface area contributed by atoms with Crippen LogP contribution in [0.3, 0.4) is 0 Å². The van der Waals surface area contributed by atoms with Crippen molar-refractivity contribution in [3.8, 4) is 0 Å². The van der Waals surface area contributed by atoms with Gasteiger partial charge in [0.05, 0.1) is 12.6 Å². The van der Waals surface area contributed by atoms with E-state index >= 15 is 0 Å². The van der Waals surface area contributed by atoms with Crippen LogP contribution in [-0.2, 0) is 11.2 Å². The number of pyridine rings is 1. The van der Waals surface area contributed by atoms with Crippen LogP contribution in [0.5, 0.6) is 0 Å². The zero-order valence-electron chi connectivity index (χ0n) is 10.3. The maximum atomic E-state index is 11.6. The highest BCUT2D eigenvalue weighted by molar-refractivity contribution is 5.83. The predicted molar refractivity (Wildman–Crippen MR) is 69.8 cm³/mol. The number of nitrogens with zero attached hydrogens (tertiary/aromatic N) is 2. The molecule has 0 saturated carbocycles. The first-order chi connectivity index (χ1) is 9.16. The van der Waals surface area contributed by atoms with Crippen LogP contribution < -0.4 is 11.0 Å². The monoisotopic (exact) mass is 259 g/mol. The smallest absolute Gasteiger partial charge is 0.267 e. The van der Waals surface area contributed by atoms with Gasteiger partial charge in [-0.2, -0.15) is 5.10 Å². The van der Waals surface area contributed by atoms with Gasteiger partial charge >= 0.3 is 0 Å². The number of nitrogens with one attached hydrogen (secondary N) is 3. The molecule has 0 aromatic carbocycles.